The van der Waals surface area contributed by atoms with E-state index in [1.807, 2.05) is 0 Å². The first-order valence-corrected chi connectivity index (χ1v) is 10.4. The van der Waals surface area contributed by atoms with Crippen LogP contribution in [0.15, 0.2) is 30.5 Å². The molecule has 0 aromatic carbocycles. The average molecular weight is 440 g/mol. The Morgan fingerprint density at radius 2 is 2.10 bits per heavy atom. The zero-order valence-corrected chi connectivity index (χ0v) is 17.2. The number of nitrogens with one attached hydrogen (secondary N) is 2. The van der Waals surface area contributed by atoms with E-state index < -0.39 is 11.8 Å². The Morgan fingerprint density at radius 1 is 1.26 bits per heavy atom. The van der Waals surface area contributed by atoms with E-state index in [0.717, 1.165) is 30.6 Å². The summed E-state index contributed by atoms with van der Waals surface area (Å²) in [6, 6.07) is 6.47. The van der Waals surface area contributed by atoms with Crippen molar-refractivity contribution in [3.63, 3.8) is 0 Å². The van der Waals surface area contributed by atoms with E-state index in [9.17, 15) is 14.0 Å². The third-order valence-corrected chi connectivity index (χ3v) is 5.93. The molecule has 0 spiro atoms. The Hall–Kier alpha value is -3.47. The lowest BCUT2D eigenvalue weighted by atomic mass is 9.66. The Balaban J connectivity index is 1.40. The van der Waals surface area contributed by atoms with Gasteiger partial charge in [-0.1, -0.05) is 6.42 Å². The third-order valence-electron chi connectivity index (χ3n) is 5.16. The van der Waals surface area contributed by atoms with Gasteiger partial charge in [-0.3, -0.25) is 14.6 Å². The number of carbonyl (C=O) groups is 2. The molecule has 0 aliphatic heterocycles. The van der Waals surface area contributed by atoms with Crippen LogP contribution < -0.4 is 16.4 Å². The van der Waals surface area contributed by atoms with Gasteiger partial charge >= 0.3 is 0 Å². The van der Waals surface area contributed by atoms with Crippen LogP contribution >= 0.6 is 11.3 Å². The Bertz CT molecular complexity index is 1100. The number of hydrogen-bond acceptors (Lipinski definition) is 8. The van der Waals surface area contributed by atoms with Gasteiger partial charge in [0.1, 0.15) is 23.0 Å². The van der Waals surface area contributed by atoms with Gasteiger partial charge in [0.2, 0.25) is 5.91 Å². The van der Waals surface area contributed by atoms with Gasteiger partial charge in [0.25, 0.3) is 5.91 Å². The lowest BCUT2D eigenvalue weighted by Gasteiger charge is -2.41. The lowest BCUT2D eigenvalue weighted by molar-refractivity contribution is -0.117. The molecule has 0 saturated heterocycles. The number of nitrogens with two attached hydrogens (primary N) is 1. The van der Waals surface area contributed by atoms with Crippen LogP contribution in [0.3, 0.4) is 0 Å². The maximum atomic E-state index is 14.2. The van der Waals surface area contributed by atoms with Crippen LogP contribution in [-0.4, -0.2) is 45.1 Å². The van der Waals surface area contributed by atoms with E-state index >= 15 is 0 Å². The van der Waals surface area contributed by atoms with E-state index in [0.29, 0.717) is 29.4 Å². The predicted octanol–water partition coefficient (Wildman–Crippen LogP) is 1.68. The molecule has 4 N–H and O–H groups in total. The highest BCUT2D eigenvalue weighted by atomic mass is 32.1. The maximum absolute atomic E-state index is 14.2. The second-order valence-corrected chi connectivity index (χ2v) is 8.04. The van der Waals surface area contributed by atoms with E-state index in [1.165, 1.54) is 6.07 Å². The zero-order chi connectivity index (χ0) is 21.8. The largest absolute Gasteiger partial charge is 0.368 e. The second-order valence-electron chi connectivity index (χ2n) is 7.24. The molecular formula is C20H19FN7O2S. The summed E-state index contributed by atoms with van der Waals surface area (Å²) in [6.45, 7) is 0.236. The van der Waals surface area contributed by atoms with Gasteiger partial charge in [-0.2, -0.15) is 0 Å². The van der Waals surface area contributed by atoms with Crippen molar-refractivity contribution >= 4 is 29.0 Å². The molecule has 11 heteroatoms. The summed E-state index contributed by atoms with van der Waals surface area (Å²) in [5.74, 6) is -0.899. The number of anilines is 1. The summed E-state index contributed by atoms with van der Waals surface area (Å²) < 4.78 is 14.2. The number of halogens is 1. The molecule has 1 saturated carbocycles. The van der Waals surface area contributed by atoms with Gasteiger partial charge in [-0.25, -0.2) is 9.37 Å². The molecule has 0 unspecified atom stereocenters. The number of aromatic nitrogens is 4. The quantitative estimate of drug-likeness (QED) is 0.485. The molecule has 3 aromatic heterocycles. The van der Waals surface area contributed by atoms with Crippen LogP contribution in [0.1, 0.15) is 34.8 Å². The van der Waals surface area contributed by atoms with Crippen molar-refractivity contribution in [2.75, 3.05) is 18.4 Å². The van der Waals surface area contributed by atoms with Crippen LogP contribution in [0, 0.1) is 11.2 Å². The van der Waals surface area contributed by atoms with Crippen molar-refractivity contribution in [2.24, 2.45) is 5.73 Å². The molecule has 1 aliphatic rings. The fraction of sp³-hybridized carbons (Fsp3) is 0.300. The zero-order valence-electron chi connectivity index (χ0n) is 16.4. The monoisotopic (exact) mass is 440 g/mol. The highest BCUT2D eigenvalue weighted by Gasteiger charge is 2.41. The van der Waals surface area contributed by atoms with E-state index in [2.05, 4.69) is 36.2 Å². The van der Waals surface area contributed by atoms with Gasteiger partial charge in [-0.15, -0.1) is 21.5 Å². The minimum absolute atomic E-state index is 0.143. The molecule has 0 bridgehead atoms. The lowest BCUT2D eigenvalue weighted by Crippen LogP contribution is -2.42. The first-order valence-electron chi connectivity index (χ1n) is 9.61. The molecule has 3 aromatic rings. The van der Waals surface area contributed by atoms with Gasteiger partial charge in [0.15, 0.2) is 5.01 Å². The SMILES string of the molecule is NC(=O)CNC(=O)c1nc(-c2ccc(NCC3(c4ncccc4F)CCC3)nn2)[c]s1. The van der Waals surface area contributed by atoms with Gasteiger partial charge in [0, 0.05) is 18.2 Å². The predicted molar refractivity (Wildman–Crippen MR) is 112 cm³/mol. The number of thiazole rings is 1. The average Bonchev–Trinajstić information content (AvgIpc) is 3.23. The van der Waals surface area contributed by atoms with Gasteiger partial charge < -0.3 is 16.4 Å². The number of primary amides is 1. The maximum Gasteiger partial charge on any atom is 0.280 e. The first-order chi connectivity index (χ1) is 15.0. The van der Waals surface area contributed by atoms with Crippen LogP contribution in [0.2, 0.25) is 0 Å². The molecule has 0 atom stereocenters. The van der Waals surface area contributed by atoms with Crippen LogP contribution in [0.25, 0.3) is 11.4 Å². The number of carbonyl (C=O) groups excluding carboxylic acids is 2. The highest BCUT2D eigenvalue weighted by Crippen LogP contribution is 2.43. The minimum Gasteiger partial charge on any atom is -0.368 e. The normalized spacial score (nSPS) is 14.5. The van der Waals surface area contributed by atoms with E-state index in [-0.39, 0.29) is 22.8 Å². The van der Waals surface area contributed by atoms with Crippen molar-refractivity contribution in [3.05, 3.63) is 52.4 Å². The summed E-state index contributed by atoms with van der Waals surface area (Å²) in [7, 11) is 0. The Labute approximate surface area is 181 Å². The van der Waals surface area contributed by atoms with Gasteiger partial charge in [-0.05, 0) is 37.1 Å². The molecule has 31 heavy (non-hydrogen) atoms. The van der Waals surface area contributed by atoms with Crippen molar-refractivity contribution in [1.29, 1.82) is 0 Å². The molecule has 4 rings (SSSR count). The molecular weight excluding hydrogens is 421 g/mol. The summed E-state index contributed by atoms with van der Waals surface area (Å²) in [6.07, 6.45) is 4.35. The van der Waals surface area contributed by atoms with Crippen LogP contribution in [-0.2, 0) is 10.2 Å². The minimum atomic E-state index is -0.641. The fourth-order valence-corrected chi connectivity index (χ4v) is 4.03. The Kier molecular flexibility index (Phi) is 5.85. The number of nitrogens with zero attached hydrogens (tertiary/aromatic N) is 4. The van der Waals surface area contributed by atoms with Crippen LogP contribution in [0.5, 0.6) is 0 Å². The molecule has 1 radical (unpaired) electrons. The number of pyridine rings is 1. The van der Waals surface area contributed by atoms with Gasteiger partial charge in [0.05, 0.1) is 17.6 Å². The van der Waals surface area contributed by atoms with E-state index in [4.69, 9.17) is 5.73 Å². The number of hydrogen-bond donors (Lipinski definition) is 3. The molecule has 3 heterocycles. The van der Waals surface area contributed by atoms with Crippen molar-refractivity contribution in [1.82, 2.24) is 25.5 Å². The standard InChI is InChI=1S/C20H19FN7O2S/c21-12-3-1-8-23-17(12)20(6-2-7-20)11-25-16-5-4-13(27-28-16)14-10-31-19(26-14)18(30)24-9-15(22)29/h1,3-5,8H,2,6-7,9,11H2,(H2,22,29)(H,24,30)(H,25,28). The van der Waals surface area contributed by atoms with Crippen LogP contribution in [0.4, 0.5) is 10.2 Å². The van der Waals surface area contributed by atoms with Crippen molar-refractivity contribution in [3.8, 4) is 11.4 Å². The Morgan fingerprint density at radius 3 is 2.74 bits per heavy atom. The fourth-order valence-electron chi connectivity index (χ4n) is 3.38. The smallest absolute Gasteiger partial charge is 0.280 e. The third kappa shape index (κ3) is 4.50. The summed E-state index contributed by atoms with van der Waals surface area (Å²) in [5, 5.41) is 16.9. The molecule has 1 fully saturated rings. The topological polar surface area (TPSA) is 136 Å². The van der Waals surface area contributed by atoms with Crippen molar-refractivity contribution in [2.45, 2.75) is 24.7 Å². The van der Waals surface area contributed by atoms with E-state index in [1.54, 1.807) is 24.4 Å². The van der Waals surface area contributed by atoms with Crippen molar-refractivity contribution < 1.29 is 14.0 Å². The summed E-state index contributed by atoms with van der Waals surface area (Å²) in [4.78, 5) is 31.1. The molecule has 1 aliphatic carbocycles. The number of amides is 2. The molecule has 159 valence electrons. The first kappa shape index (κ1) is 20.8. The molecule has 2 amide bonds. The molecule has 9 nitrogen and oxygen atoms in total. The highest BCUT2D eigenvalue weighted by molar-refractivity contribution is 7.11. The summed E-state index contributed by atoms with van der Waals surface area (Å²) >= 11 is 1.01. The second kappa shape index (κ2) is 8.72. The number of rotatable bonds is 8. The summed E-state index contributed by atoms with van der Waals surface area (Å²) in [5.41, 5.74) is 5.97.